The van der Waals surface area contributed by atoms with E-state index in [2.05, 4.69) is 10.5 Å². The molecule has 0 aromatic heterocycles. The second-order valence-corrected chi connectivity index (χ2v) is 6.74. The van der Waals surface area contributed by atoms with Crippen molar-refractivity contribution in [2.75, 3.05) is 12.0 Å². The molecule has 6 heteroatoms. The van der Waals surface area contributed by atoms with Crippen molar-refractivity contribution in [3.05, 3.63) is 87.9 Å². The van der Waals surface area contributed by atoms with Crippen LogP contribution < -0.4 is 14.9 Å². The molecule has 0 bridgehead atoms. The zero-order valence-corrected chi connectivity index (χ0v) is 16.9. The topological polar surface area (TPSA) is 42.8 Å². The Balaban J connectivity index is 1.69. The smallest absolute Gasteiger partial charge is 0.161 e. The molecule has 0 saturated heterocycles. The summed E-state index contributed by atoms with van der Waals surface area (Å²) in [7, 11) is 0. The van der Waals surface area contributed by atoms with E-state index in [1.54, 1.807) is 18.3 Å². The van der Waals surface area contributed by atoms with Gasteiger partial charge in [-0.1, -0.05) is 47.5 Å². The molecule has 3 aromatic rings. The summed E-state index contributed by atoms with van der Waals surface area (Å²) in [6, 6.07) is 20.7. The van der Waals surface area contributed by atoms with E-state index in [9.17, 15) is 0 Å². The number of ether oxygens (including phenoxy) is 2. The number of halogens is 2. The van der Waals surface area contributed by atoms with Gasteiger partial charge in [0.2, 0.25) is 0 Å². The molecule has 0 aliphatic rings. The van der Waals surface area contributed by atoms with E-state index >= 15 is 0 Å². The van der Waals surface area contributed by atoms with Crippen molar-refractivity contribution >= 4 is 35.1 Å². The van der Waals surface area contributed by atoms with Crippen LogP contribution in [0, 0.1) is 0 Å². The average Bonchev–Trinajstić information content (AvgIpc) is 2.69. The molecular weight excluding hydrogens is 395 g/mol. The number of nitrogens with one attached hydrogen (secondary N) is 1. The van der Waals surface area contributed by atoms with E-state index in [1.807, 2.05) is 61.5 Å². The van der Waals surface area contributed by atoms with Gasteiger partial charge >= 0.3 is 0 Å². The molecule has 0 aliphatic heterocycles. The van der Waals surface area contributed by atoms with Crippen LogP contribution in [0.1, 0.15) is 18.1 Å². The van der Waals surface area contributed by atoms with Crippen molar-refractivity contribution < 1.29 is 9.47 Å². The Kier molecular flexibility index (Phi) is 7.18. The highest BCUT2D eigenvalue weighted by Crippen LogP contribution is 2.30. The van der Waals surface area contributed by atoms with Gasteiger partial charge in [0.25, 0.3) is 0 Å². The zero-order chi connectivity index (χ0) is 19.8. The monoisotopic (exact) mass is 414 g/mol. The minimum Gasteiger partial charge on any atom is -0.490 e. The maximum absolute atomic E-state index is 6.21. The van der Waals surface area contributed by atoms with E-state index < -0.39 is 0 Å². The van der Waals surface area contributed by atoms with Crippen molar-refractivity contribution in [2.24, 2.45) is 5.10 Å². The van der Waals surface area contributed by atoms with Gasteiger partial charge < -0.3 is 9.47 Å². The fourth-order valence-corrected chi connectivity index (χ4v) is 2.94. The summed E-state index contributed by atoms with van der Waals surface area (Å²) in [6.07, 6.45) is 1.73. The van der Waals surface area contributed by atoms with E-state index in [1.165, 1.54) is 0 Å². The van der Waals surface area contributed by atoms with Gasteiger partial charge in [0.05, 0.1) is 18.5 Å². The molecule has 0 radical (unpaired) electrons. The summed E-state index contributed by atoms with van der Waals surface area (Å²) in [5, 5.41) is 5.42. The van der Waals surface area contributed by atoms with Gasteiger partial charge in [-0.05, 0) is 55.0 Å². The fraction of sp³-hybridized carbons (Fsp3) is 0.136. The van der Waals surface area contributed by atoms with Gasteiger partial charge in [-0.25, -0.2) is 0 Å². The molecule has 0 atom stereocenters. The lowest BCUT2D eigenvalue weighted by Gasteiger charge is -2.13. The van der Waals surface area contributed by atoms with Crippen LogP contribution in [0.25, 0.3) is 0 Å². The van der Waals surface area contributed by atoms with Crippen LogP contribution in [0.15, 0.2) is 71.8 Å². The van der Waals surface area contributed by atoms with Crippen LogP contribution in [0.3, 0.4) is 0 Å². The molecule has 4 nitrogen and oxygen atoms in total. The first kappa shape index (κ1) is 20.1. The highest BCUT2D eigenvalue weighted by molar-refractivity contribution is 6.35. The Hall–Kier alpha value is -2.69. The Labute approximate surface area is 174 Å². The highest BCUT2D eigenvalue weighted by atomic mass is 35.5. The predicted octanol–water partition coefficient (Wildman–Crippen LogP) is 6.42. The van der Waals surface area contributed by atoms with Crippen LogP contribution in [0.4, 0.5) is 5.69 Å². The molecule has 0 heterocycles. The van der Waals surface area contributed by atoms with Gasteiger partial charge in [0.1, 0.15) is 6.61 Å². The van der Waals surface area contributed by atoms with Gasteiger partial charge in [0, 0.05) is 15.6 Å². The van der Waals surface area contributed by atoms with Crippen LogP contribution in [0.2, 0.25) is 10.0 Å². The lowest BCUT2D eigenvalue weighted by Crippen LogP contribution is -2.01. The van der Waals surface area contributed by atoms with Gasteiger partial charge in [-0.2, -0.15) is 5.10 Å². The summed E-state index contributed by atoms with van der Waals surface area (Å²) in [6.45, 7) is 2.78. The maximum Gasteiger partial charge on any atom is 0.161 e. The lowest BCUT2D eigenvalue weighted by atomic mass is 10.2. The third-order valence-electron chi connectivity index (χ3n) is 3.85. The van der Waals surface area contributed by atoms with Crippen molar-refractivity contribution in [3.63, 3.8) is 0 Å². The fourth-order valence-electron chi connectivity index (χ4n) is 2.48. The van der Waals surface area contributed by atoms with Crippen molar-refractivity contribution in [3.8, 4) is 11.5 Å². The summed E-state index contributed by atoms with van der Waals surface area (Å²) < 4.78 is 11.6. The molecule has 0 fully saturated rings. The number of nitrogens with zero attached hydrogens (tertiary/aromatic N) is 1. The number of anilines is 1. The largest absolute Gasteiger partial charge is 0.490 e. The Morgan fingerprint density at radius 1 is 0.929 bits per heavy atom. The highest BCUT2D eigenvalue weighted by Gasteiger charge is 2.08. The number of para-hydroxylation sites is 1. The number of hydrogen-bond donors (Lipinski definition) is 1. The number of hydrazone groups is 1. The van der Waals surface area contributed by atoms with E-state index in [0.29, 0.717) is 34.8 Å². The Morgan fingerprint density at radius 2 is 1.75 bits per heavy atom. The predicted molar refractivity (Wildman–Crippen MR) is 116 cm³/mol. The third kappa shape index (κ3) is 5.65. The molecule has 144 valence electrons. The first-order valence-electron chi connectivity index (χ1n) is 8.83. The molecule has 28 heavy (non-hydrogen) atoms. The van der Waals surface area contributed by atoms with E-state index in [4.69, 9.17) is 32.7 Å². The molecule has 0 spiro atoms. The second-order valence-electron chi connectivity index (χ2n) is 5.90. The Bertz CT molecular complexity index is 947. The molecular formula is C22H20Cl2N2O2. The molecule has 1 N–H and O–H groups in total. The van der Waals surface area contributed by atoms with Crippen LogP contribution in [-0.4, -0.2) is 12.8 Å². The molecule has 3 aromatic carbocycles. The zero-order valence-electron chi connectivity index (χ0n) is 15.4. The van der Waals surface area contributed by atoms with Gasteiger partial charge in [-0.3, -0.25) is 5.43 Å². The third-order valence-corrected chi connectivity index (χ3v) is 4.43. The van der Waals surface area contributed by atoms with Gasteiger partial charge in [0.15, 0.2) is 11.5 Å². The second kappa shape index (κ2) is 10.0. The summed E-state index contributed by atoms with van der Waals surface area (Å²) >= 11 is 12.1. The molecule has 0 aliphatic carbocycles. The number of benzene rings is 3. The lowest BCUT2D eigenvalue weighted by molar-refractivity contribution is 0.269. The van der Waals surface area contributed by atoms with Crippen LogP contribution >= 0.6 is 23.2 Å². The normalized spacial score (nSPS) is 10.8. The molecule has 0 unspecified atom stereocenters. The van der Waals surface area contributed by atoms with Crippen LogP contribution in [0.5, 0.6) is 11.5 Å². The quantitative estimate of drug-likeness (QED) is 0.341. The SMILES string of the molecule is CCOc1cc(/C=N/Nc2ccccc2)ccc1OCc1ccc(Cl)cc1Cl. The van der Waals surface area contributed by atoms with Crippen molar-refractivity contribution in [1.82, 2.24) is 0 Å². The molecule has 0 amide bonds. The first-order valence-corrected chi connectivity index (χ1v) is 9.59. The van der Waals surface area contributed by atoms with E-state index in [0.717, 1.165) is 16.8 Å². The van der Waals surface area contributed by atoms with Gasteiger partial charge in [-0.15, -0.1) is 0 Å². The van der Waals surface area contributed by atoms with E-state index in [-0.39, 0.29) is 0 Å². The standard InChI is InChI=1S/C22H20Cl2N2O2/c1-2-27-22-12-16(14-25-26-19-6-4-3-5-7-19)8-11-21(22)28-15-17-9-10-18(23)13-20(17)24/h3-14,26H,2,15H2,1H3/b25-14+. The summed E-state index contributed by atoms with van der Waals surface area (Å²) in [5.41, 5.74) is 5.65. The number of hydrogen-bond acceptors (Lipinski definition) is 4. The summed E-state index contributed by atoms with van der Waals surface area (Å²) in [5.74, 6) is 1.29. The minimum absolute atomic E-state index is 0.319. The Morgan fingerprint density at radius 3 is 2.50 bits per heavy atom. The van der Waals surface area contributed by atoms with Crippen molar-refractivity contribution in [2.45, 2.75) is 13.5 Å². The van der Waals surface area contributed by atoms with Crippen LogP contribution in [-0.2, 0) is 6.61 Å². The molecule has 3 rings (SSSR count). The maximum atomic E-state index is 6.21. The minimum atomic E-state index is 0.319. The van der Waals surface area contributed by atoms with Crippen molar-refractivity contribution in [1.29, 1.82) is 0 Å². The average molecular weight is 415 g/mol. The first-order chi connectivity index (χ1) is 13.7. The molecule has 0 saturated carbocycles. The number of rotatable bonds is 8. The summed E-state index contributed by atoms with van der Waals surface area (Å²) in [4.78, 5) is 0.